The lowest BCUT2D eigenvalue weighted by Crippen LogP contribution is -2.41. The van der Waals surface area contributed by atoms with E-state index < -0.39 is 28.8 Å². The number of rotatable bonds is 5. The Morgan fingerprint density at radius 2 is 1.75 bits per heavy atom. The van der Waals surface area contributed by atoms with Crippen LogP contribution in [0.3, 0.4) is 0 Å². The molecule has 1 aromatic carbocycles. The van der Waals surface area contributed by atoms with Gasteiger partial charge in [0.15, 0.2) is 0 Å². The fraction of sp³-hybridized carbons (Fsp3) is 0.600. The molecule has 24 heavy (non-hydrogen) atoms. The fourth-order valence-electron chi connectivity index (χ4n) is 2.56. The zero-order valence-corrected chi connectivity index (χ0v) is 15.4. The summed E-state index contributed by atoms with van der Waals surface area (Å²) in [6.07, 6.45) is 0.370. The Bertz CT molecular complexity index is 720. The van der Waals surface area contributed by atoms with E-state index in [2.05, 4.69) is 4.18 Å². The maximum Gasteiger partial charge on any atom is 0.488 e. The molecule has 0 bridgehead atoms. The SMILES string of the molecule is Cc1c(CB2OC(C)(C)C(C)(C)O2)cc(CN)cc1OS(=O)(=O)F. The average Bonchev–Trinajstić information content (AvgIpc) is 2.60. The van der Waals surface area contributed by atoms with E-state index in [1.165, 1.54) is 6.07 Å². The molecule has 1 aromatic rings. The molecule has 0 radical (unpaired) electrons. The van der Waals surface area contributed by atoms with Gasteiger partial charge < -0.3 is 19.2 Å². The Morgan fingerprint density at radius 1 is 1.21 bits per heavy atom. The normalized spacial score (nSPS) is 19.5. The van der Waals surface area contributed by atoms with Crippen molar-refractivity contribution in [3.05, 3.63) is 28.8 Å². The third kappa shape index (κ3) is 4.08. The molecule has 0 aromatic heterocycles. The predicted octanol–water partition coefficient (Wildman–Crippen LogP) is 2.22. The van der Waals surface area contributed by atoms with Crippen molar-refractivity contribution in [3.8, 4) is 5.75 Å². The van der Waals surface area contributed by atoms with Gasteiger partial charge in [-0.3, -0.25) is 0 Å². The van der Waals surface area contributed by atoms with Gasteiger partial charge in [0, 0.05) is 12.9 Å². The van der Waals surface area contributed by atoms with Crippen LogP contribution in [0.5, 0.6) is 5.75 Å². The van der Waals surface area contributed by atoms with E-state index in [4.69, 9.17) is 15.0 Å². The summed E-state index contributed by atoms with van der Waals surface area (Å²) in [5.74, 6) is -0.0769. The molecule has 9 heteroatoms. The second kappa shape index (κ2) is 6.29. The summed E-state index contributed by atoms with van der Waals surface area (Å²) >= 11 is 0. The Balaban J connectivity index is 2.32. The first-order chi connectivity index (χ1) is 10.8. The third-order valence-electron chi connectivity index (χ3n) is 4.64. The molecule has 1 aliphatic heterocycles. The summed E-state index contributed by atoms with van der Waals surface area (Å²) in [5, 5.41) is 0. The number of halogens is 1. The van der Waals surface area contributed by atoms with Gasteiger partial charge in [0.2, 0.25) is 0 Å². The van der Waals surface area contributed by atoms with Crippen molar-refractivity contribution in [2.24, 2.45) is 5.73 Å². The molecule has 134 valence electrons. The Hall–Kier alpha value is -1.16. The van der Waals surface area contributed by atoms with E-state index in [9.17, 15) is 12.3 Å². The van der Waals surface area contributed by atoms with E-state index >= 15 is 0 Å². The molecule has 0 saturated carbocycles. The predicted molar refractivity (Wildman–Crippen MR) is 89.5 cm³/mol. The van der Waals surface area contributed by atoms with Crippen molar-refractivity contribution in [3.63, 3.8) is 0 Å². The second-order valence-electron chi connectivity index (χ2n) is 6.95. The Labute approximate surface area is 143 Å². The van der Waals surface area contributed by atoms with Crippen molar-refractivity contribution in [1.82, 2.24) is 0 Å². The lowest BCUT2D eigenvalue weighted by atomic mass is 9.79. The van der Waals surface area contributed by atoms with E-state index in [0.29, 0.717) is 17.4 Å². The Morgan fingerprint density at radius 3 is 2.21 bits per heavy atom. The molecule has 1 saturated heterocycles. The standard InChI is InChI=1S/C15H23BFNO5S/c1-10-12(8-16-22-14(2,3)15(4,5)23-16)6-11(9-18)7-13(10)21-24(17,19)20/h6-7H,8-9,18H2,1-5H3. The second-order valence-corrected chi connectivity index (χ2v) is 7.90. The molecule has 2 N–H and O–H groups in total. The molecule has 0 aliphatic carbocycles. The number of benzene rings is 1. The quantitative estimate of drug-likeness (QED) is 0.641. The van der Waals surface area contributed by atoms with Gasteiger partial charge in [0.25, 0.3) is 0 Å². The molecule has 6 nitrogen and oxygen atoms in total. The van der Waals surface area contributed by atoms with Gasteiger partial charge in [0.05, 0.1) is 11.2 Å². The number of nitrogens with two attached hydrogens (primary N) is 1. The lowest BCUT2D eigenvalue weighted by Gasteiger charge is -2.32. The highest BCUT2D eigenvalue weighted by molar-refractivity contribution is 7.81. The molecule has 0 spiro atoms. The van der Waals surface area contributed by atoms with Crippen molar-refractivity contribution < 1.29 is 25.8 Å². The molecule has 1 fully saturated rings. The zero-order valence-electron chi connectivity index (χ0n) is 14.6. The van der Waals surface area contributed by atoms with E-state index in [1.54, 1.807) is 6.92 Å². The van der Waals surface area contributed by atoms with Crippen LogP contribution in [0.4, 0.5) is 3.89 Å². The van der Waals surface area contributed by atoms with Gasteiger partial charge in [-0.05, 0) is 57.4 Å². The van der Waals surface area contributed by atoms with Crippen molar-refractivity contribution in [1.29, 1.82) is 0 Å². The minimum Gasteiger partial charge on any atom is -0.403 e. The van der Waals surface area contributed by atoms with E-state index in [0.717, 1.165) is 5.56 Å². The van der Waals surface area contributed by atoms with Gasteiger partial charge in [-0.1, -0.05) is 9.95 Å². The largest absolute Gasteiger partial charge is 0.488 e. The topological polar surface area (TPSA) is 87.8 Å². The summed E-state index contributed by atoms with van der Waals surface area (Å²) in [7, 11) is -5.61. The van der Waals surface area contributed by atoms with Crippen LogP contribution in [0.1, 0.15) is 44.4 Å². The van der Waals surface area contributed by atoms with Crippen molar-refractivity contribution in [2.45, 2.75) is 58.7 Å². The monoisotopic (exact) mass is 359 g/mol. The van der Waals surface area contributed by atoms with Crippen LogP contribution in [-0.2, 0) is 32.7 Å². The van der Waals surface area contributed by atoms with Crippen LogP contribution in [0, 0.1) is 6.92 Å². The summed E-state index contributed by atoms with van der Waals surface area (Å²) in [6.45, 7) is 9.60. The molecule has 0 atom stereocenters. The van der Waals surface area contributed by atoms with Crippen LogP contribution in [0.15, 0.2) is 12.1 Å². The van der Waals surface area contributed by atoms with Crippen molar-refractivity contribution >= 4 is 17.6 Å². The Kier molecular flexibility index (Phi) is 5.03. The molecule has 1 aliphatic rings. The number of hydrogen-bond acceptors (Lipinski definition) is 6. The maximum atomic E-state index is 12.9. The summed E-state index contributed by atoms with van der Waals surface area (Å²) < 4.78 is 50.8. The molecule has 1 heterocycles. The first kappa shape index (κ1) is 19.2. The molecular weight excluding hydrogens is 336 g/mol. The highest BCUT2D eigenvalue weighted by Crippen LogP contribution is 2.38. The van der Waals surface area contributed by atoms with Crippen LogP contribution in [0.25, 0.3) is 0 Å². The highest BCUT2D eigenvalue weighted by Gasteiger charge is 2.50. The number of hydrogen-bond donors (Lipinski definition) is 1. The highest BCUT2D eigenvalue weighted by atomic mass is 32.3. The van der Waals surface area contributed by atoms with E-state index in [1.807, 2.05) is 33.8 Å². The van der Waals surface area contributed by atoms with E-state index in [-0.39, 0.29) is 12.3 Å². The van der Waals surface area contributed by atoms with Gasteiger partial charge in [-0.15, -0.1) is 0 Å². The minimum atomic E-state index is -5.11. The molecule has 0 amide bonds. The first-order valence-electron chi connectivity index (χ1n) is 7.67. The van der Waals surface area contributed by atoms with Crippen LogP contribution in [-0.4, -0.2) is 26.7 Å². The average molecular weight is 359 g/mol. The minimum absolute atomic E-state index is 0.0769. The molecular formula is C15H23BFNO5S. The zero-order chi connectivity index (χ0) is 18.3. The van der Waals surface area contributed by atoms with Crippen LogP contribution < -0.4 is 9.92 Å². The maximum absolute atomic E-state index is 12.9. The van der Waals surface area contributed by atoms with Gasteiger partial charge in [-0.25, -0.2) is 0 Å². The molecule has 0 unspecified atom stereocenters. The summed E-state index contributed by atoms with van der Waals surface area (Å²) in [5.41, 5.74) is 6.55. The first-order valence-corrected chi connectivity index (χ1v) is 8.97. The lowest BCUT2D eigenvalue weighted by molar-refractivity contribution is 0.00578. The van der Waals surface area contributed by atoms with Crippen LogP contribution >= 0.6 is 0 Å². The van der Waals surface area contributed by atoms with Crippen LogP contribution in [0.2, 0.25) is 0 Å². The molecule has 2 rings (SSSR count). The van der Waals surface area contributed by atoms with Gasteiger partial charge >= 0.3 is 17.6 Å². The fourth-order valence-corrected chi connectivity index (χ4v) is 2.95. The van der Waals surface area contributed by atoms with Crippen molar-refractivity contribution in [2.75, 3.05) is 0 Å². The third-order valence-corrected chi connectivity index (χ3v) is 5.02. The smallest absolute Gasteiger partial charge is 0.403 e. The summed E-state index contributed by atoms with van der Waals surface area (Å²) in [6, 6.07) is 3.23. The van der Waals surface area contributed by atoms with Gasteiger partial charge in [0.1, 0.15) is 5.75 Å². The van der Waals surface area contributed by atoms with Gasteiger partial charge in [-0.2, -0.15) is 8.42 Å². The summed E-state index contributed by atoms with van der Waals surface area (Å²) in [4.78, 5) is 0.